The van der Waals surface area contributed by atoms with Crippen LogP contribution in [0.15, 0.2) is 73.1 Å². The van der Waals surface area contributed by atoms with Gasteiger partial charge in [0.05, 0.1) is 20.3 Å². The van der Waals surface area contributed by atoms with Crippen molar-refractivity contribution in [1.29, 1.82) is 0 Å². The van der Waals surface area contributed by atoms with E-state index in [2.05, 4.69) is 57.2 Å². The van der Waals surface area contributed by atoms with E-state index < -0.39 is 0 Å². The third-order valence-electron chi connectivity index (χ3n) is 5.72. The van der Waals surface area contributed by atoms with Crippen molar-refractivity contribution in [3.8, 4) is 16.9 Å². The molecule has 0 radical (unpaired) electrons. The first-order valence-corrected chi connectivity index (χ1v) is 10.9. The van der Waals surface area contributed by atoms with Gasteiger partial charge in [-0.15, -0.1) is 0 Å². The van der Waals surface area contributed by atoms with Crippen LogP contribution in [0.1, 0.15) is 11.1 Å². The van der Waals surface area contributed by atoms with Gasteiger partial charge in [0.1, 0.15) is 5.75 Å². The minimum atomic E-state index is 0.840. The predicted octanol–water partition coefficient (Wildman–Crippen LogP) is 4.09. The Kier molecular flexibility index (Phi) is 7.66. The van der Waals surface area contributed by atoms with Gasteiger partial charge in [-0.3, -0.25) is 14.8 Å². The Hall–Kier alpha value is -2.73. The quantitative estimate of drug-likeness (QED) is 0.524. The van der Waals surface area contributed by atoms with E-state index in [1.165, 1.54) is 22.3 Å². The van der Waals surface area contributed by atoms with E-state index in [-0.39, 0.29) is 0 Å². The minimum absolute atomic E-state index is 0.840. The van der Waals surface area contributed by atoms with Crippen LogP contribution < -0.4 is 4.74 Å². The molecule has 5 nitrogen and oxygen atoms in total. The molecule has 0 atom stereocenters. The third-order valence-corrected chi connectivity index (χ3v) is 5.72. The number of ether oxygens (including phenoxy) is 2. The molecule has 3 aromatic rings. The van der Waals surface area contributed by atoms with Crippen molar-refractivity contribution >= 4 is 0 Å². The number of methoxy groups -OCH3 is 1. The van der Waals surface area contributed by atoms with Crippen LogP contribution in [0.4, 0.5) is 0 Å². The second kappa shape index (κ2) is 11.0. The molecule has 0 bridgehead atoms. The highest BCUT2D eigenvalue weighted by Crippen LogP contribution is 2.24. The van der Waals surface area contributed by atoms with E-state index >= 15 is 0 Å². The number of benzene rings is 2. The molecule has 1 saturated heterocycles. The zero-order chi connectivity index (χ0) is 21.3. The molecule has 4 rings (SSSR count). The number of pyridine rings is 1. The van der Waals surface area contributed by atoms with Crippen molar-refractivity contribution in [1.82, 2.24) is 14.8 Å². The average Bonchev–Trinajstić information content (AvgIpc) is 2.84. The van der Waals surface area contributed by atoms with Crippen molar-refractivity contribution < 1.29 is 9.47 Å². The molecule has 1 fully saturated rings. The number of nitrogens with zero attached hydrogens (tertiary/aromatic N) is 3. The zero-order valence-electron chi connectivity index (χ0n) is 18.2. The van der Waals surface area contributed by atoms with Gasteiger partial charge in [-0.2, -0.15) is 0 Å². The van der Waals surface area contributed by atoms with Crippen LogP contribution in [-0.2, 0) is 17.8 Å². The molecule has 162 valence electrons. The zero-order valence-corrected chi connectivity index (χ0v) is 18.2. The summed E-state index contributed by atoms with van der Waals surface area (Å²) in [5, 5.41) is 0. The Balaban J connectivity index is 1.46. The van der Waals surface area contributed by atoms with Crippen LogP contribution in [0.3, 0.4) is 0 Å². The second-order valence-electron chi connectivity index (χ2n) is 7.95. The van der Waals surface area contributed by atoms with E-state index in [0.717, 1.165) is 58.2 Å². The monoisotopic (exact) mass is 417 g/mol. The Morgan fingerprint density at radius 3 is 2.45 bits per heavy atom. The van der Waals surface area contributed by atoms with Gasteiger partial charge in [0, 0.05) is 51.7 Å². The highest BCUT2D eigenvalue weighted by Gasteiger charge is 2.14. The lowest BCUT2D eigenvalue weighted by Gasteiger charge is -2.30. The second-order valence-corrected chi connectivity index (χ2v) is 7.95. The lowest BCUT2D eigenvalue weighted by molar-refractivity contribution is 0.0325. The van der Waals surface area contributed by atoms with Gasteiger partial charge in [-0.1, -0.05) is 36.4 Å². The lowest BCUT2D eigenvalue weighted by atomic mass is 10.0. The standard InChI is InChI=1S/C26H31N3O2/c1-30-26-9-7-24(8-10-26)25-6-2-4-22(18-25)20-29(21-23-5-3-11-27-19-23)13-12-28-14-16-31-17-15-28/h2-11,18-19H,12-17,20-21H2,1H3. The van der Waals surface area contributed by atoms with Crippen LogP contribution >= 0.6 is 0 Å². The van der Waals surface area contributed by atoms with Crippen molar-refractivity contribution in [2.24, 2.45) is 0 Å². The summed E-state index contributed by atoms with van der Waals surface area (Å²) < 4.78 is 10.8. The Morgan fingerprint density at radius 1 is 0.935 bits per heavy atom. The first-order valence-electron chi connectivity index (χ1n) is 10.9. The predicted molar refractivity (Wildman–Crippen MR) is 124 cm³/mol. The summed E-state index contributed by atoms with van der Waals surface area (Å²) in [7, 11) is 1.70. The van der Waals surface area contributed by atoms with E-state index in [1.54, 1.807) is 7.11 Å². The van der Waals surface area contributed by atoms with E-state index in [4.69, 9.17) is 9.47 Å². The molecule has 31 heavy (non-hydrogen) atoms. The van der Waals surface area contributed by atoms with Gasteiger partial charge in [-0.25, -0.2) is 0 Å². The molecule has 5 heteroatoms. The molecule has 0 spiro atoms. The van der Waals surface area contributed by atoms with Gasteiger partial charge in [-0.05, 0) is 46.5 Å². The van der Waals surface area contributed by atoms with Gasteiger partial charge in [0.15, 0.2) is 0 Å². The first kappa shape index (κ1) is 21.5. The topological polar surface area (TPSA) is 37.8 Å². The summed E-state index contributed by atoms with van der Waals surface area (Å²) in [5.41, 5.74) is 5.00. The van der Waals surface area contributed by atoms with Gasteiger partial charge >= 0.3 is 0 Å². The highest BCUT2D eigenvalue weighted by molar-refractivity contribution is 5.64. The summed E-state index contributed by atoms with van der Waals surface area (Å²) in [6, 6.07) is 21.3. The molecule has 0 saturated carbocycles. The van der Waals surface area contributed by atoms with Crippen LogP contribution in [0.5, 0.6) is 5.75 Å². The van der Waals surface area contributed by atoms with Crippen molar-refractivity contribution in [2.45, 2.75) is 13.1 Å². The lowest BCUT2D eigenvalue weighted by Crippen LogP contribution is -2.41. The molecular weight excluding hydrogens is 386 g/mol. The summed E-state index contributed by atoms with van der Waals surface area (Å²) in [6.45, 7) is 7.60. The number of rotatable bonds is 9. The summed E-state index contributed by atoms with van der Waals surface area (Å²) in [5.74, 6) is 0.880. The van der Waals surface area contributed by atoms with Crippen LogP contribution in [-0.4, -0.2) is 61.3 Å². The number of hydrogen-bond donors (Lipinski definition) is 0. The largest absolute Gasteiger partial charge is 0.497 e. The SMILES string of the molecule is COc1ccc(-c2cccc(CN(CCN3CCOCC3)Cc3cccnc3)c2)cc1. The highest BCUT2D eigenvalue weighted by atomic mass is 16.5. The number of aromatic nitrogens is 1. The van der Waals surface area contributed by atoms with Crippen LogP contribution in [0, 0.1) is 0 Å². The summed E-state index contributed by atoms with van der Waals surface area (Å²) in [6.07, 6.45) is 3.80. The smallest absolute Gasteiger partial charge is 0.118 e. The fourth-order valence-corrected chi connectivity index (χ4v) is 3.96. The Bertz CT molecular complexity index is 925. The molecule has 1 aliphatic heterocycles. The Morgan fingerprint density at radius 2 is 1.71 bits per heavy atom. The normalized spacial score (nSPS) is 14.6. The molecule has 0 amide bonds. The van der Waals surface area contributed by atoms with E-state index in [1.807, 2.05) is 30.6 Å². The van der Waals surface area contributed by atoms with Gasteiger partial charge < -0.3 is 9.47 Å². The molecule has 2 aromatic carbocycles. The molecule has 0 aliphatic carbocycles. The maximum absolute atomic E-state index is 5.50. The molecule has 1 aliphatic rings. The summed E-state index contributed by atoms with van der Waals surface area (Å²) in [4.78, 5) is 9.31. The summed E-state index contributed by atoms with van der Waals surface area (Å²) >= 11 is 0. The Labute approximate surface area is 185 Å². The fourth-order valence-electron chi connectivity index (χ4n) is 3.96. The average molecular weight is 418 g/mol. The van der Waals surface area contributed by atoms with Crippen molar-refractivity contribution in [2.75, 3.05) is 46.5 Å². The maximum atomic E-state index is 5.50. The van der Waals surface area contributed by atoms with Gasteiger partial charge in [0.25, 0.3) is 0 Å². The molecule has 2 heterocycles. The number of hydrogen-bond acceptors (Lipinski definition) is 5. The first-order chi connectivity index (χ1) is 15.3. The fraction of sp³-hybridized carbons (Fsp3) is 0.346. The molecular formula is C26H31N3O2. The maximum Gasteiger partial charge on any atom is 0.118 e. The molecule has 1 aromatic heterocycles. The third kappa shape index (κ3) is 6.37. The minimum Gasteiger partial charge on any atom is -0.497 e. The van der Waals surface area contributed by atoms with Crippen LogP contribution in [0.2, 0.25) is 0 Å². The van der Waals surface area contributed by atoms with Crippen LogP contribution in [0.25, 0.3) is 11.1 Å². The van der Waals surface area contributed by atoms with E-state index in [9.17, 15) is 0 Å². The molecule has 0 unspecified atom stereocenters. The van der Waals surface area contributed by atoms with Crippen molar-refractivity contribution in [3.05, 3.63) is 84.2 Å². The van der Waals surface area contributed by atoms with E-state index in [0.29, 0.717) is 0 Å². The van der Waals surface area contributed by atoms with Gasteiger partial charge in [0.2, 0.25) is 0 Å². The molecule has 0 N–H and O–H groups in total. The number of morpholine rings is 1. The van der Waals surface area contributed by atoms with Crippen molar-refractivity contribution in [3.63, 3.8) is 0 Å².